The van der Waals surface area contributed by atoms with Gasteiger partial charge in [0.15, 0.2) is 0 Å². The Labute approximate surface area is 181 Å². The standard InChI is InChI=1S/C25H25NO3S/c27-21-11-13-26(14-12-21)25(28)23(24-10-5-15-30-24)17-20-8-4-9-22(16-20)29-18-19-6-2-1-3-7-19/h1-10,15-17,21,27H,11-14,18H2/b23-17+. The molecule has 1 aromatic heterocycles. The van der Waals surface area contributed by atoms with Gasteiger partial charge in [0.05, 0.1) is 11.7 Å². The van der Waals surface area contributed by atoms with Crippen LogP contribution in [-0.4, -0.2) is 35.1 Å². The highest BCUT2D eigenvalue weighted by molar-refractivity contribution is 7.11. The van der Waals surface area contributed by atoms with Crippen LogP contribution in [0.25, 0.3) is 11.6 Å². The second kappa shape index (κ2) is 9.74. The highest BCUT2D eigenvalue weighted by Gasteiger charge is 2.25. The highest BCUT2D eigenvalue weighted by Crippen LogP contribution is 2.27. The summed E-state index contributed by atoms with van der Waals surface area (Å²) in [6, 6.07) is 21.8. The predicted octanol–water partition coefficient (Wildman–Crippen LogP) is 4.85. The van der Waals surface area contributed by atoms with Crippen molar-refractivity contribution in [3.8, 4) is 5.75 Å². The van der Waals surface area contributed by atoms with Gasteiger partial charge in [0.1, 0.15) is 12.4 Å². The number of amides is 1. The van der Waals surface area contributed by atoms with Crippen LogP contribution in [-0.2, 0) is 11.4 Å². The molecule has 154 valence electrons. The van der Waals surface area contributed by atoms with Crippen molar-refractivity contribution in [3.63, 3.8) is 0 Å². The molecule has 0 aliphatic carbocycles. The quantitative estimate of drug-likeness (QED) is 0.581. The molecule has 4 rings (SSSR count). The normalized spacial score (nSPS) is 15.2. The SMILES string of the molecule is O=C(/C(=C/c1cccc(OCc2ccccc2)c1)c1cccs1)N1CCC(O)CC1. The first-order valence-corrected chi connectivity index (χ1v) is 11.1. The molecule has 5 heteroatoms. The lowest BCUT2D eigenvalue weighted by Gasteiger charge is -2.30. The van der Waals surface area contributed by atoms with Crippen LogP contribution in [0.1, 0.15) is 28.8 Å². The van der Waals surface area contributed by atoms with E-state index in [1.807, 2.05) is 83.1 Å². The van der Waals surface area contributed by atoms with Gasteiger partial charge >= 0.3 is 0 Å². The van der Waals surface area contributed by atoms with E-state index in [0.717, 1.165) is 21.8 Å². The Bertz CT molecular complexity index is 990. The van der Waals surface area contributed by atoms with Crippen molar-refractivity contribution in [1.82, 2.24) is 4.90 Å². The number of benzene rings is 2. The van der Waals surface area contributed by atoms with E-state index in [-0.39, 0.29) is 12.0 Å². The Morgan fingerprint density at radius 2 is 1.87 bits per heavy atom. The van der Waals surface area contributed by atoms with E-state index in [9.17, 15) is 9.90 Å². The Balaban J connectivity index is 1.55. The summed E-state index contributed by atoms with van der Waals surface area (Å²) in [5.41, 5.74) is 2.72. The lowest BCUT2D eigenvalue weighted by Crippen LogP contribution is -2.40. The molecule has 0 atom stereocenters. The average molecular weight is 420 g/mol. The molecular formula is C25H25NO3S. The number of hydrogen-bond donors (Lipinski definition) is 1. The van der Waals surface area contributed by atoms with E-state index in [2.05, 4.69) is 0 Å². The second-order valence-electron chi connectivity index (χ2n) is 7.41. The largest absolute Gasteiger partial charge is 0.489 e. The monoisotopic (exact) mass is 419 g/mol. The van der Waals surface area contributed by atoms with Gasteiger partial charge in [-0.05, 0) is 53.6 Å². The van der Waals surface area contributed by atoms with Crippen molar-refractivity contribution in [1.29, 1.82) is 0 Å². The number of rotatable bonds is 6. The van der Waals surface area contributed by atoms with E-state index in [0.29, 0.717) is 38.1 Å². The molecule has 1 saturated heterocycles. The number of ether oxygens (including phenoxy) is 1. The maximum Gasteiger partial charge on any atom is 0.255 e. The zero-order chi connectivity index (χ0) is 20.8. The molecule has 0 bridgehead atoms. The molecule has 30 heavy (non-hydrogen) atoms. The first-order chi connectivity index (χ1) is 14.7. The van der Waals surface area contributed by atoms with Gasteiger partial charge in [-0.1, -0.05) is 48.5 Å². The van der Waals surface area contributed by atoms with Gasteiger partial charge in [-0.15, -0.1) is 11.3 Å². The first-order valence-electron chi connectivity index (χ1n) is 10.2. The number of aliphatic hydroxyl groups is 1. The molecule has 2 aromatic carbocycles. The third-order valence-corrected chi connectivity index (χ3v) is 6.09. The Hall–Kier alpha value is -2.89. The third-order valence-electron chi connectivity index (χ3n) is 5.19. The smallest absolute Gasteiger partial charge is 0.255 e. The lowest BCUT2D eigenvalue weighted by atomic mass is 10.0. The van der Waals surface area contributed by atoms with Crippen molar-refractivity contribution >= 4 is 28.9 Å². The van der Waals surface area contributed by atoms with Crippen LogP contribution in [0.2, 0.25) is 0 Å². The van der Waals surface area contributed by atoms with Gasteiger partial charge in [0, 0.05) is 18.0 Å². The van der Waals surface area contributed by atoms with Gasteiger partial charge in [-0.25, -0.2) is 0 Å². The molecule has 1 aliphatic heterocycles. The van der Waals surface area contributed by atoms with Gasteiger partial charge in [0.2, 0.25) is 0 Å². The highest BCUT2D eigenvalue weighted by atomic mass is 32.1. The molecule has 1 aliphatic rings. The summed E-state index contributed by atoms with van der Waals surface area (Å²) < 4.78 is 5.94. The van der Waals surface area contributed by atoms with E-state index in [1.54, 1.807) is 11.3 Å². The zero-order valence-corrected chi connectivity index (χ0v) is 17.6. The topological polar surface area (TPSA) is 49.8 Å². The van der Waals surface area contributed by atoms with Crippen LogP contribution in [0, 0.1) is 0 Å². The van der Waals surface area contributed by atoms with Gasteiger partial charge in [0.25, 0.3) is 5.91 Å². The number of nitrogens with zero attached hydrogens (tertiary/aromatic N) is 1. The van der Waals surface area contributed by atoms with Crippen molar-refractivity contribution in [2.45, 2.75) is 25.6 Å². The molecule has 0 unspecified atom stereocenters. The Morgan fingerprint density at radius 1 is 1.07 bits per heavy atom. The molecular weight excluding hydrogens is 394 g/mol. The van der Waals surface area contributed by atoms with E-state index >= 15 is 0 Å². The van der Waals surface area contributed by atoms with Crippen LogP contribution in [0.3, 0.4) is 0 Å². The Kier molecular flexibility index (Phi) is 6.62. The van der Waals surface area contributed by atoms with Crippen LogP contribution in [0.15, 0.2) is 72.1 Å². The van der Waals surface area contributed by atoms with E-state index in [4.69, 9.17) is 4.74 Å². The van der Waals surface area contributed by atoms with E-state index in [1.165, 1.54) is 0 Å². The lowest BCUT2D eigenvalue weighted by molar-refractivity contribution is -0.126. The first kappa shape index (κ1) is 20.4. The fourth-order valence-electron chi connectivity index (χ4n) is 3.51. The van der Waals surface area contributed by atoms with Crippen molar-refractivity contribution in [3.05, 3.63) is 88.1 Å². The summed E-state index contributed by atoms with van der Waals surface area (Å²) in [5.74, 6) is 0.784. The van der Waals surface area contributed by atoms with Crippen molar-refractivity contribution in [2.75, 3.05) is 13.1 Å². The maximum absolute atomic E-state index is 13.3. The molecule has 0 radical (unpaired) electrons. The Morgan fingerprint density at radius 3 is 2.60 bits per heavy atom. The number of hydrogen-bond acceptors (Lipinski definition) is 4. The third kappa shape index (κ3) is 5.17. The number of carbonyl (C=O) groups is 1. The van der Waals surface area contributed by atoms with Crippen LogP contribution in [0.4, 0.5) is 0 Å². The molecule has 1 N–H and O–H groups in total. The van der Waals surface area contributed by atoms with Crippen molar-refractivity contribution in [2.24, 2.45) is 0 Å². The minimum absolute atomic E-state index is 0.0138. The number of aliphatic hydroxyl groups excluding tert-OH is 1. The summed E-state index contributed by atoms with van der Waals surface area (Å²) in [6.07, 6.45) is 2.90. The molecule has 4 nitrogen and oxygen atoms in total. The van der Waals surface area contributed by atoms with Crippen LogP contribution >= 0.6 is 11.3 Å². The number of carbonyl (C=O) groups excluding carboxylic acids is 1. The zero-order valence-electron chi connectivity index (χ0n) is 16.7. The van der Waals surface area contributed by atoms with E-state index < -0.39 is 0 Å². The van der Waals surface area contributed by atoms with Crippen molar-refractivity contribution < 1.29 is 14.6 Å². The molecule has 2 heterocycles. The number of thiophene rings is 1. The van der Waals surface area contributed by atoms with Crippen LogP contribution < -0.4 is 4.74 Å². The predicted molar refractivity (Wildman–Crippen MR) is 121 cm³/mol. The number of likely N-dealkylation sites (tertiary alicyclic amines) is 1. The summed E-state index contributed by atoms with van der Waals surface area (Å²) in [7, 11) is 0. The second-order valence-corrected chi connectivity index (χ2v) is 8.35. The molecule has 3 aromatic rings. The summed E-state index contributed by atoms with van der Waals surface area (Å²) >= 11 is 1.56. The fraction of sp³-hybridized carbons (Fsp3) is 0.240. The summed E-state index contributed by atoms with van der Waals surface area (Å²) in [6.45, 7) is 1.67. The minimum Gasteiger partial charge on any atom is -0.489 e. The molecule has 0 saturated carbocycles. The molecule has 1 fully saturated rings. The van der Waals surface area contributed by atoms with Crippen LogP contribution in [0.5, 0.6) is 5.75 Å². The minimum atomic E-state index is -0.304. The summed E-state index contributed by atoms with van der Waals surface area (Å²) in [4.78, 5) is 16.0. The molecule has 1 amide bonds. The number of piperidine rings is 1. The van der Waals surface area contributed by atoms with Gasteiger partial charge in [-0.2, -0.15) is 0 Å². The van der Waals surface area contributed by atoms with Gasteiger partial charge in [-0.3, -0.25) is 4.79 Å². The van der Waals surface area contributed by atoms with Gasteiger partial charge < -0.3 is 14.7 Å². The molecule has 0 spiro atoms. The summed E-state index contributed by atoms with van der Waals surface area (Å²) in [5, 5.41) is 11.7. The average Bonchev–Trinajstić information content (AvgIpc) is 3.32. The maximum atomic E-state index is 13.3. The fourth-order valence-corrected chi connectivity index (χ4v) is 4.25.